The van der Waals surface area contributed by atoms with Crippen molar-refractivity contribution in [2.24, 2.45) is 11.7 Å². The predicted octanol–water partition coefficient (Wildman–Crippen LogP) is 1.43. The minimum Gasteiger partial charge on any atom is -0.479 e. The smallest absolute Gasteiger partial charge is 0.263 e. The number of hydrogen-bond donors (Lipinski definition) is 1. The highest BCUT2D eigenvalue weighted by Crippen LogP contribution is 2.24. The van der Waals surface area contributed by atoms with Crippen LogP contribution in [0.5, 0.6) is 5.75 Å². The van der Waals surface area contributed by atoms with Crippen LogP contribution in [0.15, 0.2) is 24.5 Å². The van der Waals surface area contributed by atoms with Gasteiger partial charge in [-0.1, -0.05) is 6.92 Å². The molecule has 0 aliphatic carbocycles. The van der Waals surface area contributed by atoms with Crippen molar-refractivity contribution in [3.8, 4) is 5.75 Å². The van der Waals surface area contributed by atoms with Crippen molar-refractivity contribution in [2.75, 3.05) is 13.1 Å². The van der Waals surface area contributed by atoms with Gasteiger partial charge in [-0.25, -0.2) is 0 Å². The van der Waals surface area contributed by atoms with Gasteiger partial charge in [0.2, 0.25) is 0 Å². The molecule has 110 valence electrons. The number of likely N-dealkylation sites (tertiary alicyclic amines) is 1. The Morgan fingerprint density at radius 1 is 1.65 bits per heavy atom. The molecule has 0 unspecified atom stereocenters. The summed E-state index contributed by atoms with van der Waals surface area (Å²) in [6.45, 7) is 5.21. The molecule has 1 saturated heterocycles. The summed E-state index contributed by atoms with van der Waals surface area (Å²) in [5.74, 6) is 1.07. The zero-order chi connectivity index (χ0) is 14.5. The number of nitrogens with two attached hydrogens (primary N) is 1. The number of piperidine rings is 1. The van der Waals surface area contributed by atoms with Crippen LogP contribution in [-0.2, 0) is 4.79 Å². The Morgan fingerprint density at radius 2 is 2.45 bits per heavy atom. The Bertz CT molecular complexity index is 438. The summed E-state index contributed by atoms with van der Waals surface area (Å²) in [5, 5.41) is 0. The van der Waals surface area contributed by atoms with E-state index in [0.717, 1.165) is 19.4 Å². The molecule has 5 nitrogen and oxygen atoms in total. The van der Waals surface area contributed by atoms with Crippen molar-refractivity contribution in [3.63, 3.8) is 0 Å². The molecule has 0 spiro atoms. The van der Waals surface area contributed by atoms with E-state index in [4.69, 9.17) is 10.5 Å². The minimum absolute atomic E-state index is 0.0100. The number of hydrogen-bond acceptors (Lipinski definition) is 4. The Balaban J connectivity index is 2.02. The molecule has 1 aromatic rings. The first-order valence-electron chi connectivity index (χ1n) is 7.20. The van der Waals surface area contributed by atoms with E-state index in [2.05, 4.69) is 11.9 Å². The first-order chi connectivity index (χ1) is 9.63. The molecule has 1 amide bonds. The summed E-state index contributed by atoms with van der Waals surface area (Å²) in [6, 6.07) is 3.71. The highest BCUT2D eigenvalue weighted by molar-refractivity contribution is 5.81. The van der Waals surface area contributed by atoms with E-state index in [1.165, 1.54) is 0 Å². The maximum Gasteiger partial charge on any atom is 0.263 e. The van der Waals surface area contributed by atoms with Crippen LogP contribution in [0.4, 0.5) is 0 Å². The van der Waals surface area contributed by atoms with Gasteiger partial charge in [0.15, 0.2) is 6.10 Å². The van der Waals surface area contributed by atoms with E-state index in [1.807, 2.05) is 4.90 Å². The van der Waals surface area contributed by atoms with Crippen LogP contribution in [0.25, 0.3) is 0 Å². The molecule has 0 aromatic carbocycles. The molecule has 1 aliphatic rings. The van der Waals surface area contributed by atoms with Gasteiger partial charge in [0, 0.05) is 25.3 Å². The van der Waals surface area contributed by atoms with E-state index < -0.39 is 6.10 Å². The molecule has 20 heavy (non-hydrogen) atoms. The van der Waals surface area contributed by atoms with E-state index in [-0.39, 0.29) is 11.9 Å². The highest BCUT2D eigenvalue weighted by Gasteiger charge is 2.33. The second-order valence-electron chi connectivity index (χ2n) is 5.40. The van der Waals surface area contributed by atoms with Crippen molar-refractivity contribution in [1.82, 2.24) is 9.88 Å². The lowest BCUT2D eigenvalue weighted by atomic mass is 9.90. The summed E-state index contributed by atoms with van der Waals surface area (Å²) in [4.78, 5) is 18.4. The highest BCUT2D eigenvalue weighted by atomic mass is 16.5. The molecule has 1 aromatic heterocycles. The van der Waals surface area contributed by atoms with Gasteiger partial charge in [-0.15, -0.1) is 0 Å². The molecular formula is C15H23N3O2. The molecule has 3 atom stereocenters. The summed E-state index contributed by atoms with van der Waals surface area (Å²) in [5.41, 5.74) is 5.83. The fourth-order valence-corrected chi connectivity index (χ4v) is 2.79. The van der Waals surface area contributed by atoms with Crippen LogP contribution < -0.4 is 10.5 Å². The first-order valence-corrected chi connectivity index (χ1v) is 7.20. The van der Waals surface area contributed by atoms with Crippen molar-refractivity contribution in [1.29, 1.82) is 0 Å². The Kier molecular flexibility index (Phi) is 4.95. The van der Waals surface area contributed by atoms with Gasteiger partial charge >= 0.3 is 0 Å². The number of pyridine rings is 1. The fraction of sp³-hybridized carbons (Fsp3) is 0.600. The number of aromatic nitrogens is 1. The number of carbonyl (C=O) groups excluding carboxylic acids is 1. The molecule has 0 radical (unpaired) electrons. The van der Waals surface area contributed by atoms with E-state index in [9.17, 15) is 4.79 Å². The van der Waals surface area contributed by atoms with Gasteiger partial charge in [-0.05, 0) is 37.8 Å². The zero-order valence-electron chi connectivity index (χ0n) is 12.2. The lowest BCUT2D eigenvalue weighted by Gasteiger charge is -2.40. The summed E-state index contributed by atoms with van der Waals surface area (Å²) >= 11 is 0. The van der Waals surface area contributed by atoms with Crippen LogP contribution in [0, 0.1) is 5.92 Å². The lowest BCUT2D eigenvalue weighted by molar-refractivity contribution is -0.142. The van der Waals surface area contributed by atoms with E-state index >= 15 is 0 Å². The quantitative estimate of drug-likeness (QED) is 0.904. The van der Waals surface area contributed by atoms with Gasteiger partial charge in [0.25, 0.3) is 5.91 Å². The standard InChI is InChI=1S/C15H23N3O2/c1-11-5-4-8-18(14(11)9-16)15(19)12(2)20-13-6-3-7-17-10-13/h3,6-7,10-12,14H,4-5,8-9,16H2,1-2H3/t11-,12-,14+/m0/s1. The molecule has 2 N–H and O–H groups in total. The number of amides is 1. The Hall–Kier alpha value is -1.62. The topological polar surface area (TPSA) is 68.5 Å². The third-order valence-corrected chi connectivity index (χ3v) is 3.94. The average molecular weight is 277 g/mol. The molecule has 0 saturated carbocycles. The van der Waals surface area contributed by atoms with Crippen LogP contribution >= 0.6 is 0 Å². The van der Waals surface area contributed by atoms with Crippen molar-refractivity contribution >= 4 is 5.91 Å². The summed E-state index contributed by atoms with van der Waals surface area (Å²) in [6.07, 6.45) is 4.93. The first kappa shape index (κ1) is 14.8. The zero-order valence-corrected chi connectivity index (χ0v) is 12.2. The molecule has 5 heteroatoms. The molecular weight excluding hydrogens is 254 g/mol. The molecule has 2 heterocycles. The lowest BCUT2D eigenvalue weighted by Crippen LogP contribution is -2.54. The maximum atomic E-state index is 12.5. The maximum absolute atomic E-state index is 12.5. The van der Waals surface area contributed by atoms with E-state index in [1.54, 1.807) is 31.5 Å². The SMILES string of the molecule is C[C@H](Oc1cccnc1)C(=O)N1CCC[C@H](C)[C@H]1CN. The van der Waals surface area contributed by atoms with Gasteiger partial charge in [-0.2, -0.15) is 0 Å². The largest absolute Gasteiger partial charge is 0.479 e. The van der Waals surface area contributed by atoms with Gasteiger partial charge in [0.05, 0.1) is 6.20 Å². The number of nitrogens with zero attached hydrogens (tertiary/aromatic N) is 2. The summed E-state index contributed by atoms with van der Waals surface area (Å²) < 4.78 is 5.66. The molecule has 1 aliphatic heterocycles. The van der Waals surface area contributed by atoms with Crippen LogP contribution in [0.2, 0.25) is 0 Å². The predicted molar refractivity (Wildman–Crippen MR) is 77.3 cm³/mol. The number of rotatable bonds is 4. The fourth-order valence-electron chi connectivity index (χ4n) is 2.79. The number of ether oxygens (including phenoxy) is 1. The number of carbonyl (C=O) groups is 1. The Labute approximate surface area is 120 Å². The third-order valence-electron chi connectivity index (χ3n) is 3.94. The van der Waals surface area contributed by atoms with Gasteiger partial charge in [0.1, 0.15) is 5.75 Å². The van der Waals surface area contributed by atoms with Crippen molar-refractivity contribution in [2.45, 2.75) is 38.8 Å². The van der Waals surface area contributed by atoms with Crippen LogP contribution in [-0.4, -0.2) is 41.0 Å². The molecule has 1 fully saturated rings. The van der Waals surface area contributed by atoms with Gasteiger partial charge < -0.3 is 15.4 Å². The van der Waals surface area contributed by atoms with Crippen molar-refractivity contribution < 1.29 is 9.53 Å². The van der Waals surface area contributed by atoms with Crippen LogP contribution in [0.3, 0.4) is 0 Å². The molecule has 2 rings (SSSR count). The molecule has 0 bridgehead atoms. The average Bonchev–Trinajstić information content (AvgIpc) is 2.47. The summed E-state index contributed by atoms with van der Waals surface area (Å²) in [7, 11) is 0. The minimum atomic E-state index is -0.515. The second kappa shape index (κ2) is 6.70. The van der Waals surface area contributed by atoms with Crippen LogP contribution in [0.1, 0.15) is 26.7 Å². The monoisotopic (exact) mass is 277 g/mol. The third kappa shape index (κ3) is 3.28. The van der Waals surface area contributed by atoms with E-state index in [0.29, 0.717) is 18.2 Å². The second-order valence-corrected chi connectivity index (χ2v) is 5.40. The van der Waals surface area contributed by atoms with Crippen molar-refractivity contribution in [3.05, 3.63) is 24.5 Å². The normalized spacial score (nSPS) is 24.2. The van der Waals surface area contributed by atoms with Gasteiger partial charge in [-0.3, -0.25) is 9.78 Å². The Morgan fingerprint density at radius 3 is 3.10 bits per heavy atom.